The van der Waals surface area contributed by atoms with Gasteiger partial charge in [-0.05, 0) is 35.7 Å². The lowest BCUT2D eigenvalue weighted by Crippen LogP contribution is -2.37. The van der Waals surface area contributed by atoms with Crippen LogP contribution in [0, 0.1) is 11.3 Å². The van der Waals surface area contributed by atoms with Crippen molar-refractivity contribution in [2.75, 3.05) is 25.5 Å². The van der Waals surface area contributed by atoms with Crippen molar-refractivity contribution in [1.29, 1.82) is 5.26 Å². The summed E-state index contributed by atoms with van der Waals surface area (Å²) in [4.78, 5) is 32.1. The van der Waals surface area contributed by atoms with Crippen LogP contribution in [0.15, 0.2) is 53.3 Å². The Kier molecular flexibility index (Phi) is 6.38. The molecule has 0 fully saturated rings. The highest BCUT2D eigenvalue weighted by molar-refractivity contribution is 6.30. The zero-order chi connectivity index (χ0) is 23.5. The van der Waals surface area contributed by atoms with E-state index >= 15 is 0 Å². The minimum Gasteiger partial charge on any atom is -0.455 e. The van der Waals surface area contributed by atoms with E-state index < -0.39 is 0 Å². The van der Waals surface area contributed by atoms with Crippen molar-refractivity contribution in [2.24, 2.45) is 0 Å². The fourth-order valence-corrected chi connectivity index (χ4v) is 4.20. The molecule has 2 heterocycles. The molecule has 0 radical (unpaired) electrons. The van der Waals surface area contributed by atoms with Gasteiger partial charge < -0.3 is 19.5 Å². The number of amides is 1. The summed E-state index contributed by atoms with van der Waals surface area (Å²) in [6.45, 7) is 1.19. The highest BCUT2D eigenvalue weighted by Gasteiger charge is 2.22. The summed E-state index contributed by atoms with van der Waals surface area (Å²) in [7, 11) is 3.46. The Hall–Kier alpha value is -3.76. The Labute approximate surface area is 196 Å². The van der Waals surface area contributed by atoms with Gasteiger partial charge in [0.25, 0.3) is 5.56 Å². The predicted molar refractivity (Wildman–Crippen MR) is 127 cm³/mol. The molecule has 1 aromatic heterocycles. The van der Waals surface area contributed by atoms with Gasteiger partial charge in [0.15, 0.2) is 5.75 Å². The van der Waals surface area contributed by atoms with Crippen LogP contribution in [0.2, 0.25) is 5.02 Å². The number of hydrogen-bond acceptors (Lipinski definition) is 5. The summed E-state index contributed by atoms with van der Waals surface area (Å²) in [5.74, 6) is 0.539. The van der Waals surface area contributed by atoms with Gasteiger partial charge in [-0.1, -0.05) is 35.9 Å². The second kappa shape index (κ2) is 9.39. The van der Waals surface area contributed by atoms with Gasteiger partial charge in [0, 0.05) is 44.0 Å². The van der Waals surface area contributed by atoms with Gasteiger partial charge in [-0.2, -0.15) is 5.26 Å². The highest BCUT2D eigenvalue weighted by atomic mass is 35.5. The van der Waals surface area contributed by atoms with Crippen molar-refractivity contribution in [1.82, 2.24) is 9.88 Å². The van der Waals surface area contributed by atoms with Crippen molar-refractivity contribution in [3.8, 4) is 17.6 Å². The average molecular weight is 463 g/mol. The molecule has 1 aliphatic rings. The molecule has 168 valence electrons. The second-order valence-corrected chi connectivity index (χ2v) is 8.57. The summed E-state index contributed by atoms with van der Waals surface area (Å²) in [6, 6.07) is 16.4. The zero-order valence-electron chi connectivity index (χ0n) is 18.4. The maximum Gasteiger partial charge on any atom is 0.275 e. The molecule has 1 amide bonds. The minimum absolute atomic E-state index is 0.0421. The quantitative estimate of drug-likeness (QED) is 0.621. The van der Waals surface area contributed by atoms with Crippen LogP contribution in [0.4, 0.5) is 5.69 Å². The van der Waals surface area contributed by atoms with E-state index in [1.54, 1.807) is 42.1 Å². The monoisotopic (exact) mass is 462 g/mol. The molecular formula is C25H23ClN4O3. The number of carbonyl (C=O) groups excluding carboxylic acids is 1. The topological polar surface area (TPSA) is 89.4 Å². The van der Waals surface area contributed by atoms with Gasteiger partial charge in [-0.15, -0.1) is 0 Å². The first-order chi connectivity index (χ1) is 15.8. The number of hydrogen-bond donors (Lipinski definition) is 1. The molecule has 0 spiro atoms. The lowest BCUT2D eigenvalue weighted by Gasteiger charge is -2.29. The van der Waals surface area contributed by atoms with E-state index in [2.05, 4.69) is 11.1 Å². The van der Waals surface area contributed by atoms with E-state index in [9.17, 15) is 14.9 Å². The fraction of sp³-hybridized carbons (Fsp3) is 0.240. The molecule has 2 aromatic carbocycles. The maximum atomic E-state index is 13.0. The van der Waals surface area contributed by atoms with Gasteiger partial charge in [0.1, 0.15) is 11.4 Å². The molecular weight excluding hydrogens is 440 g/mol. The van der Waals surface area contributed by atoms with E-state index in [-0.39, 0.29) is 23.6 Å². The van der Waals surface area contributed by atoms with Crippen LogP contribution in [0.1, 0.15) is 22.4 Å². The number of ether oxygens (including phenoxy) is 1. The van der Waals surface area contributed by atoms with Gasteiger partial charge >= 0.3 is 0 Å². The van der Waals surface area contributed by atoms with E-state index in [0.717, 1.165) is 12.0 Å². The van der Waals surface area contributed by atoms with Crippen molar-refractivity contribution in [2.45, 2.75) is 19.4 Å². The van der Waals surface area contributed by atoms with Crippen molar-refractivity contribution >= 4 is 23.2 Å². The summed E-state index contributed by atoms with van der Waals surface area (Å²) in [5.41, 5.74) is 3.14. The average Bonchev–Trinajstić information content (AvgIpc) is 2.77. The van der Waals surface area contributed by atoms with Gasteiger partial charge in [-0.25, -0.2) is 0 Å². The van der Waals surface area contributed by atoms with E-state index in [4.69, 9.17) is 16.3 Å². The number of halogens is 1. The molecule has 1 aliphatic heterocycles. The summed E-state index contributed by atoms with van der Waals surface area (Å²) in [5, 5.41) is 9.55. The first kappa shape index (κ1) is 22.4. The molecule has 0 saturated carbocycles. The first-order valence-electron chi connectivity index (χ1n) is 10.5. The fourth-order valence-electron chi connectivity index (χ4n) is 3.97. The number of anilines is 1. The predicted octanol–water partition coefficient (Wildman–Crippen LogP) is 3.89. The summed E-state index contributed by atoms with van der Waals surface area (Å²) >= 11 is 6.09. The number of benzene rings is 2. The zero-order valence-corrected chi connectivity index (χ0v) is 19.1. The van der Waals surface area contributed by atoms with E-state index in [1.165, 1.54) is 11.6 Å². The number of fused-ring (bicyclic) bond motifs is 1. The van der Waals surface area contributed by atoms with Gasteiger partial charge in [-0.3, -0.25) is 9.59 Å². The normalized spacial score (nSPS) is 12.6. The van der Waals surface area contributed by atoms with Crippen LogP contribution in [-0.2, 0) is 24.2 Å². The van der Waals surface area contributed by atoms with Crippen LogP contribution in [0.25, 0.3) is 0 Å². The molecule has 3 aromatic rings. The molecule has 8 heteroatoms. The third-order valence-electron chi connectivity index (χ3n) is 5.53. The lowest BCUT2D eigenvalue weighted by atomic mass is 9.99. The van der Waals surface area contributed by atoms with Gasteiger partial charge in [0.05, 0.1) is 18.1 Å². The number of pyridine rings is 1. The van der Waals surface area contributed by atoms with E-state index in [1.807, 2.05) is 24.3 Å². The van der Waals surface area contributed by atoms with Crippen LogP contribution < -0.4 is 15.2 Å². The highest BCUT2D eigenvalue weighted by Crippen LogP contribution is 2.31. The van der Waals surface area contributed by atoms with Crippen molar-refractivity contribution in [3.63, 3.8) is 0 Å². The number of aromatic amines is 1. The van der Waals surface area contributed by atoms with Crippen molar-refractivity contribution in [3.05, 3.63) is 86.3 Å². The standard InChI is InChI=1S/C25H23ClN4O3/c1-29(2)24-22(33-21-10-16(14-27)9-19(26)11-21)12-20(28-25(24)32)13-23(31)30-8-7-17-5-3-4-6-18(17)15-30/h3-6,9-12H,7-8,13,15H2,1-2H3,(H,28,32). The largest absolute Gasteiger partial charge is 0.455 e. The molecule has 0 aliphatic carbocycles. The molecule has 0 unspecified atom stereocenters. The van der Waals surface area contributed by atoms with E-state index in [0.29, 0.717) is 40.8 Å². The molecule has 4 rings (SSSR count). The maximum absolute atomic E-state index is 13.0. The summed E-state index contributed by atoms with van der Waals surface area (Å²) in [6.07, 6.45) is 0.850. The SMILES string of the molecule is CN(C)c1c(Oc2cc(Cl)cc(C#N)c2)cc(CC(=O)N2CCc3ccccc3C2)[nH]c1=O. The van der Waals surface area contributed by atoms with Gasteiger partial charge in [0.2, 0.25) is 5.91 Å². The molecule has 0 saturated heterocycles. The van der Waals surface area contributed by atoms with Crippen LogP contribution in [0.3, 0.4) is 0 Å². The number of carbonyl (C=O) groups is 1. The molecule has 1 N–H and O–H groups in total. The third kappa shape index (κ3) is 5.02. The number of aromatic nitrogens is 1. The molecule has 33 heavy (non-hydrogen) atoms. The Morgan fingerprint density at radius 2 is 1.97 bits per heavy atom. The number of H-pyrrole nitrogens is 1. The molecule has 0 atom stereocenters. The Balaban J connectivity index is 1.60. The number of rotatable bonds is 5. The number of nitrogens with zero attached hydrogens (tertiary/aromatic N) is 3. The number of nitriles is 1. The Bertz CT molecular complexity index is 1310. The Morgan fingerprint density at radius 3 is 2.70 bits per heavy atom. The first-order valence-corrected chi connectivity index (χ1v) is 10.9. The van der Waals surface area contributed by atoms with Crippen molar-refractivity contribution < 1.29 is 9.53 Å². The second-order valence-electron chi connectivity index (χ2n) is 8.13. The third-order valence-corrected chi connectivity index (χ3v) is 5.75. The van der Waals surface area contributed by atoms with Crippen LogP contribution in [-0.4, -0.2) is 36.4 Å². The van der Waals surface area contributed by atoms with Crippen LogP contribution in [0.5, 0.6) is 11.5 Å². The van der Waals surface area contributed by atoms with Crippen LogP contribution >= 0.6 is 11.6 Å². The smallest absolute Gasteiger partial charge is 0.275 e. The Morgan fingerprint density at radius 1 is 1.21 bits per heavy atom. The summed E-state index contributed by atoms with van der Waals surface area (Å²) < 4.78 is 5.97. The lowest BCUT2D eigenvalue weighted by molar-refractivity contribution is -0.131. The minimum atomic E-state index is -0.369. The molecule has 7 nitrogen and oxygen atoms in total. The number of nitrogens with one attached hydrogen (secondary N) is 1. The molecule has 0 bridgehead atoms.